The first-order valence-corrected chi connectivity index (χ1v) is 7.63. The van der Waals surface area contributed by atoms with Crippen LogP contribution in [0.5, 0.6) is 5.75 Å². The molecule has 4 heteroatoms. The molecule has 0 atom stereocenters. The molecule has 1 aromatic carbocycles. The first-order valence-electron chi connectivity index (χ1n) is 6.87. The van der Waals surface area contributed by atoms with Gasteiger partial charge in [0.05, 0.1) is 6.61 Å². The predicted molar refractivity (Wildman–Crippen MR) is 83.5 cm³/mol. The molecule has 0 saturated carbocycles. The third kappa shape index (κ3) is 8.35. The van der Waals surface area contributed by atoms with Crippen molar-refractivity contribution in [3.8, 4) is 5.75 Å². The Bertz CT molecular complexity index is 349. The Balaban J connectivity index is 2.04. The minimum absolute atomic E-state index is 0.611. The lowest BCUT2D eigenvalue weighted by Crippen LogP contribution is -2.20. The van der Waals surface area contributed by atoms with E-state index in [4.69, 9.17) is 27.9 Å². The van der Waals surface area contributed by atoms with Gasteiger partial charge in [0, 0.05) is 10.0 Å². The summed E-state index contributed by atoms with van der Waals surface area (Å²) in [7, 11) is 0. The topological polar surface area (TPSA) is 21.3 Å². The minimum atomic E-state index is 0.611. The van der Waals surface area contributed by atoms with Gasteiger partial charge in [-0.25, -0.2) is 0 Å². The largest absolute Gasteiger partial charge is 0.493 e. The second-order valence-electron chi connectivity index (χ2n) is 5.11. The lowest BCUT2D eigenvalue weighted by atomic mass is 10.2. The predicted octanol–water partition coefficient (Wildman–Crippen LogP) is 4.79. The SMILES string of the molecule is CC(C)CNCCCCCOc1cc(Cl)cc(Cl)c1. The quantitative estimate of drug-likeness (QED) is 0.662. The van der Waals surface area contributed by atoms with Crippen LogP contribution in [0.2, 0.25) is 10.0 Å². The van der Waals surface area contributed by atoms with Crippen LogP contribution in [0.1, 0.15) is 33.1 Å². The maximum absolute atomic E-state index is 5.90. The van der Waals surface area contributed by atoms with Gasteiger partial charge in [-0.1, -0.05) is 37.0 Å². The summed E-state index contributed by atoms with van der Waals surface area (Å²) in [5.41, 5.74) is 0. The zero-order chi connectivity index (χ0) is 14.1. The van der Waals surface area contributed by atoms with Crippen molar-refractivity contribution in [1.82, 2.24) is 5.32 Å². The standard InChI is InChI=1S/C15H23Cl2NO/c1-12(2)11-18-6-4-3-5-7-19-15-9-13(16)8-14(17)10-15/h8-10,12,18H,3-7,11H2,1-2H3. The van der Waals surface area contributed by atoms with Crippen molar-refractivity contribution in [2.24, 2.45) is 5.92 Å². The third-order valence-corrected chi connectivity index (χ3v) is 3.09. The summed E-state index contributed by atoms with van der Waals surface area (Å²) in [5.74, 6) is 1.46. The molecule has 0 saturated heterocycles. The summed E-state index contributed by atoms with van der Waals surface area (Å²) in [6.45, 7) is 7.33. The number of hydrogen-bond acceptors (Lipinski definition) is 2. The summed E-state index contributed by atoms with van der Waals surface area (Å²) < 4.78 is 5.62. The Morgan fingerprint density at radius 3 is 2.37 bits per heavy atom. The Hall–Kier alpha value is -0.440. The van der Waals surface area contributed by atoms with E-state index in [-0.39, 0.29) is 0 Å². The fraction of sp³-hybridized carbons (Fsp3) is 0.600. The molecule has 0 amide bonds. The van der Waals surface area contributed by atoms with Gasteiger partial charge in [-0.05, 0) is 56.5 Å². The molecule has 0 radical (unpaired) electrons. The Morgan fingerprint density at radius 2 is 1.74 bits per heavy atom. The molecule has 108 valence electrons. The smallest absolute Gasteiger partial charge is 0.122 e. The zero-order valence-electron chi connectivity index (χ0n) is 11.7. The highest BCUT2D eigenvalue weighted by Gasteiger charge is 1.99. The van der Waals surface area contributed by atoms with Crippen LogP contribution in [0.25, 0.3) is 0 Å². The molecular formula is C15H23Cl2NO. The Morgan fingerprint density at radius 1 is 1.05 bits per heavy atom. The van der Waals surface area contributed by atoms with Gasteiger partial charge < -0.3 is 10.1 Å². The maximum atomic E-state index is 5.90. The van der Waals surface area contributed by atoms with Gasteiger partial charge >= 0.3 is 0 Å². The molecule has 0 heterocycles. The molecule has 1 aromatic rings. The van der Waals surface area contributed by atoms with Crippen LogP contribution >= 0.6 is 23.2 Å². The maximum Gasteiger partial charge on any atom is 0.122 e. The van der Waals surface area contributed by atoms with E-state index in [1.54, 1.807) is 18.2 Å². The highest BCUT2D eigenvalue weighted by Crippen LogP contribution is 2.24. The molecule has 0 aromatic heterocycles. The van der Waals surface area contributed by atoms with E-state index in [0.717, 1.165) is 31.2 Å². The molecule has 0 fully saturated rings. The average Bonchev–Trinajstić information content (AvgIpc) is 2.31. The number of nitrogens with one attached hydrogen (secondary N) is 1. The number of unbranched alkanes of at least 4 members (excludes halogenated alkanes) is 2. The van der Waals surface area contributed by atoms with E-state index in [9.17, 15) is 0 Å². The van der Waals surface area contributed by atoms with E-state index in [0.29, 0.717) is 16.7 Å². The molecule has 0 aliphatic carbocycles. The summed E-state index contributed by atoms with van der Waals surface area (Å²) in [5, 5.41) is 4.66. The summed E-state index contributed by atoms with van der Waals surface area (Å²) in [6.07, 6.45) is 3.40. The van der Waals surface area contributed by atoms with Gasteiger partial charge in [0.15, 0.2) is 0 Å². The number of halogens is 2. The van der Waals surface area contributed by atoms with Crippen LogP contribution in [0.15, 0.2) is 18.2 Å². The Kier molecular flexibility index (Phi) is 8.27. The minimum Gasteiger partial charge on any atom is -0.493 e. The van der Waals surface area contributed by atoms with E-state index >= 15 is 0 Å². The first-order chi connectivity index (χ1) is 9.08. The second-order valence-corrected chi connectivity index (χ2v) is 5.99. The van der Waals surface area contributed by atoms with Crippen molar-refractivity contribution < 1.29 is 4.74 Å². The molecule has 0 unspecified atom stereocenters. The van der Waals surface area contributed by atoms with Crippen LogP contribution in [0.4, 0.5) is 0 Å². The summed E-state index contributed by atoms with van der Waals surface area (Å²) in [4.78, 5) is 0. The van der Waals surface area contributed by atoms with Gasteiger partial charge in [-0.2, -0.15) is 0 Å². The van der Waals surface area contributed by atoms with Crippen molar-refractivity contribution in [3.63, 3.8) is 0 Å². The van der Waals surface area contributed by atoms with Gasteiger partial charge in [0.25, 0.3) is 0 Å². The van der Waals surface area contributed by atoms with Crippen molar-refractivity contribution in [2.75, 3.05) is 19.7 Å². The molecule has 0 bridgehead atoms. The average molecular weight is 304 g/mol. The second kappa shape index (κ2) is 9.46. The monoisotopic (exact) mass is 303 g/mol. The molecule has 1 N–H and O–H groups in total. The summed E-state index contributed by atoms with van der Waals surface area (Å²) >= 11 is 11.8. The third-order valence-electron chi connectivity index (χ3n) is 2.66. The molecule has 19 heavy (non-hydrogen) atoms. The van der Waals surface area contributed by atoms with Crippen LogP contribution in [-0.4, -0.2) is 19.7 Å². The lowest BCUT2D eigenvalue weighted by molar-refractivity contribution is 0.305. The molecule has 0 aliphatic rings. The van der Waals surface area contributed by atoms with Crippen LogP contribution < -0.4 is 10.1 Å². The fourth-order valence-electron chi connectivity index (χ4n) is 1.72. The Labute approximate surface area is 126 Å². The molecular weight excluding hydrogens is 281 g/mol. The number of hydrogen-bond donors (Lipinski definition) is 1. The van der Waals surface area contributed by atoms with E-state index in [1.807, 2.05) is 0 Å². The van der Waals surface area contributed by atoms with E-state index in [1.165, 1.54) is 12.8 Å². The van der Waals surface area contributed by atoms with Gasteiger partial charge in [-0.15, -0.1) is 0 Å². The van der Waals surface area contributed by atoms with Crippen LogP contribution in [-0.2, 0) is 0 Å². The van der Waals surface area contributed by atoms with Crippen LogP contribution in [0.3, 0.4) is 0 Å². The molecule has 0 spiro atoms. The normalized spacial score (nSPS) is 11.0. The summed E-state index contributed by atoms with van der Waals surface area (Å²) in [6, 6.07) is 5.28. The van der Waals surface area contributed by atoms with Crippen molar-refractivity contribution >= 4 is 23.2 Å². The highest BCUT2D eigenvalue weighted by atomic mass is 35.5. The number of ether oxygens (including phenoxy) is 1. The van der Waals surface area contributed by atoms with Crippen molar-refractivity contribution in [1.29, 1.82) is 0 Å². The molecule has 1 rings (SSSR count). The van der Waals surface area contributed by atoms with Crippen molar-refractivity contribution in [3.05, 3.63) is 28.2 Å². The van der Waals surface area contributed by atoms with E-state index < -0.39 is 0 Å². The molecule has 2 nitrogen and oxygen atoms in total. The van der Waals surface area contributed by atoms with Gasteiger partial charge in [0.1, 0.15) is 5.75 Å². The highest BCUT2D eigenvalue weighted by molar-refractivity contribution is 6.34. The fourth-order valence-corrected chi connectivity index (χ4v) is 2.23. The zero-order valence-corrected chi connectivity index (χ0v) is 13.2. The van der Waals surface area contributed by atoms with Gasteiger partial charge in [0.2, 0.25) is 0 Å². The van der Waals surface area contributed by atoms with Crippen LogP contribution in [0, 0.1) is 5.92 Å². The van der Waals surface area contributed by atoms with Crippen molar-refractivity contribution in [2.45, 2.75) is 33.1 Å². The number of benzene rings is 1. The first kappa shape index (κ1) is 16.6. The molecule has 0 aliphatic heterocycles. The van der Waals surface area contributed by atoms with Gasteiger partial charge in [-0.3, -0.25) is 0 Å². The lowest BCUT2D eigenvalue weighted by Gasteiger charge is -2.08. The number of rotatable bonds is 9. The van der Waals surface area contributed by atoms with E-state index in [2.05, 4.69) is 19.2 Å².